The summed E-state index contributed by atoms with van der Waals surface area (Å²) in [6, 6.07) is 20.4. The predicted molar refractivity (Wildman–Crippen MR) is 125 cm³/mol. The predicted octanol–water partition coefficient (Wildman–Crippen LogP) is 3.72. The summed E-state index contributed by atoms with van der Waals surface area (Å²) < 4.78 is 35.0. The number of amides is 2. The van der Waals surface area contributed by atoms with Crippen molar-refractivity contribution in [3.8, 4) is 5.75 Å². The smallest absolute Gasteiger partial charge is 0.241 e. The first-order valence-corrected chi connectivity index (χ1v) is 12.0. The van der Waals surface area contributed by atoms with Gasteiger partial charge in [-0.05, 0) is 36.2 Å². The Balaban J connectivity index is 1.75. The van der Waals surface area contributed by atoms with Crippen molar-refractivity contribution in [1.82, 2.24) is 4.72 Å². The molecule has 33 heavy (non-hydrogen) atoms. The summed E-state index contributed by atoms with van der Waals surface area (Å²) in [6.07, 6.45) is 0.168. The number of hydrogen-bond acceptors (Lipinski definition) is 5. The van der Waals surface area contributed by atoms with Crippen molar-refractivity contribution in [2.45, 2.75) is 30.7 Å². The SMILES string of the molecule is COc1ccc(S(=O)(=O)NC(c2ccccc2)c2ccc(C)cc2)cc1N1C(=O)CCC1=O. The number of anilines is 1. The van der Waals surface area contributed by atoms with Gasteiger partial charge in [-0.15, -0.1) is 0 Å². The van der Waals surface area contributed by atoms with Gasteiger partial charge in [0.1, 0.15) is 5.75 Å². The minimum atomic E-state index is -4.03. The fraction of sp³-hybridized carbons (Fsp3) is 0.200. The molecule has 1 saturated heterocycles. The molecule has 7 nitrogen and oxygen atoms in total. The van der Waals surface area contributed by atoms with Crippen molar-refractivity contribution < 1.29 is 22.7 Å². The number of carbonyl (C=O) groups excluding carboxylic acids is 2. The normalized spacial score (nSPS) is 15.0. The van der Waals surface area contributed by atoms with Crippen LogP contribution in [0.25, 0.3) is 0 Å². The second kappa shape index (κ2) is 9.17. The first-order valence-electron chi connectivity index (χ1n) is 10.5. The standard InChI is InChI=1S/C25H24N2O5S/c1-17-8-10-19(11-9-17)25(18-6-4-3-5-7-18)26-33(30,31)20-12-13-22(32-2)21(16-20)27-23(28)14-15-24(27)29/h3-13,16,25-26H,14-15H2,1-2H3. The minimum absolute atomic E-state index is 0.0705. The van der Waals surface area contributed by atoms with E-state index in [4.69, 9.17) is 4.74 Å². The molecule has 1 fully saturated rings. The Morgan fingerprint density at radius 1 is 0.879 bits per heavy atom. The molecule has 2 amide bonds. The number of nitrogens with zero attached hydrogens (tertiary/aromatic N) is 1. The zero-order valence-corrected chi connectivity index (χ0v) is 19.1. The molecule has 3 aromatic rings. The number of methoxy groups -OCH3 is 1. The zero-order chi connectivity index (χ0) is 23.6. The molecule has 1 aliphatic rings. The Morgan fingerprint density at radius 3 is 2.09 bits per heavy atom. The van der Waals surface area contributed by atoms with E-state index in [1.807, 2.05) is 61.5 Å². The molecular weight excluding hydrogens is 440 g/mol. The van der Waals surface area contributed by atoms with E-state index in [2.05, 4.69) is 4.72 Å². The number of hydrogen-bond donors (Lipinski definition) is 1. The van der Waals surface area contributed by atoms with E-state index in [0.717, 1.165) is 21.6 Å². The number of sulfonamides is 1. The van der Waals surface area contributed by atoms with Gasteiger partial charge >= 0.3 is 0 Å². The number of aryl methyl sites for hydroxylation is 1. The molecule has 0 aromatic heterocycles. The van der Waals surface area contributed by atoms with Crippen molar-refractivity contribution in [1.29, 1.82) is 0 Å². The Bertz CT molecular complexity index is 1270. The maximum absolute atomic E-state index is 13.4. The van der Waals surface area contributed by atoms with Gasteiger partial charge in [-0.1, -0.05) is 60.2 Å². The zero-order valence-electron chi connectivity index (χ0n) is 18.3. The summed E-state index contributed by atoms with van der Waals surface area (Å²) in [5.74, 6) is -0.527. The van der Waals surface area contributed by atoms with Crippen molar-refractivity contribution in [3.05, 3.63) is 89.5 Å². The highest BCUT2D eigenvalue weighted by Crippen LogP contribution is 2.35. The van der Waals surface area contributed by atoms with E-state index >= 15 is 0 Å². The van der Waals surface area contributed by atoms with Crippen LogP contribution in [-0.2, 0) is 19.6 Å². The molecule has 1 aliphatic heterocycles. The molecule has 1 heterocycles. The minimum Gasteiger partial charge on any atom is -0.495 e. The lowest BCUT2D eigenvalue weighted by Gasteiger charge is -2.22. The first kappa shape index (κ1) is 22.7. The van der Waals surface area contributed by atoms with Crippen LogP contribution in [0.3, 0.4) is 0 Å². The summed E-state index contributed by atoms with van der Waals surface area (Å²) in [5.41, 5.74) is 2.75. The van der Waals surface area contributed by atoms with Gasteiger partial charge in [0.2, 0.25) is 21.8 Å². The monoisotopic (exact) mass is 464 g/mol. The summed E-state index contributed by atoms with van der Waals surface area (Å²) in [4.78, 5) is 25.5. The lowest BCUT2D eigenvalue weighted by molar-refractivity contribution is -0.121. The molecule has 3 aromatic carbocycles. The Kier molecular flexibility index (Phi) is 6.31. The van der Waals surface area contributed by atoms with E-state index < -0.39 is 16.1 Å². The average Bonchev–Trinajstić information content (AvgIpc) is 3.16. The molecule has 8 heteroatoms. The van der Waals surface area contributed by atoms with Gasteiger partial charge in [-0.25, -0.2) is 13.3 Å². The van der Waals surface area contributed by atoms with Crippen molar-refractivity contribution in [2.24, 2.45) is 0 Å². The molecule has 0 aliphatic carbocycles. The van der Waals surface area contributed by atoms with Gasteiger partial charge in [0.15, 0.2) is 0 Å². The van der Waals surface area contributed by atoms with E-state index in [-0.39, 0.29) is 41.0 Å². The lowest BCUT2D eigenvalue weighted by Crippen LogP contribution is -2.31. The fourth-order valence-electron chi connectivity index (χ4n) is 3.81. The number of rotatable bonds is 7. The highest BCUT2D eigenvalue weighted by molar-refractivity contribution is 7.89. The van der Waals surface area contributed by atoms with Crippen molar-refractivity contribution >= 4 is 27.5 Å². The van der Waals surface area contributed by atoms with E-state index in [1.165, 1.54) is 25.3 Å². The fourth-order valence-corrected chi connectivity index (χ4v) is 5.05. The third-order valence-electron chi connectivity index (χ3n) is 5.57. The van der Waals surface area contributed by atoms with Crippen LogP contribution in [0.1, 0.15) is 35.6 Å². The van der Waals surface area contributed by atoms with Crippen LogP contribution in [0, 0.1) is 6.92 Å². The Hall–Kier alpha value is -3.49. The first-order chi connectivity index (χ1) is 15.8. The van der Waals surface area contributed by atoms with Crippen molar-refractivity contribution in [3.63, 3.8) is 0 Å². The number of imide groups is 1. The highest BCUT2D eigenvalue weighted by atomic mass is 32.2. The van der Waals surface area contributed by atoms with Gasteiger partial charge in [-0.3, -0.25) is 9.59 Å². The summed E-state index contributed by atoms with van der Waals surface area (Å²) >= 11 is 0. The maximum Gasteiger partial charge on any atom is 0.241 e. The molecule has 1 N–H and O–H groups in total. The summed E-state index contributed by atoms with van der Waals surface area (Å²) in [7, 11) is -2.63. The van der Waals surface area contributed by atoms with Gasteiger partial charge < -0.3 is 4.74 Å². The van der Waals surface area contributed by atoms with Crippen LogP contribution in [0.4, 0.5) is 5.69 Å². The molecule has 0 radical (unpaired) electrons. The largest absolute Gasteiger partial charge is 0.495 e. The van der Waals surface area contributed by atoms with E-state index in [1.54, 1.807) is 0 Å². The molecule has 0 spiro atoms. The van der Waals surface area contributed by atoms with Crippen LogP contribution in [0.2, 0.25) is 0 Å². The van der Waals surface area contributed by atoms with Gasteiger partial charge in [0, 0.05) is 12.8 Å². The van der Waals surface area contributed by atoms with Gasteiger partial charge in [0.25, 0.3) is 0 Å². The lowest BCUT2D eigenvalue weighted by atomic mass is 9.99. The van der Waals surface area contributed by atoms with E-state index in [9.17, 15) is 18.0 Å². The molecule has 1 atom stereocenters. The van der Waals surface area contributed by atoms with Crippen LogP contribution in [-0.4, -0.2) is 27.3 Å². The second-order valence-electron chi connectivity index (χ2n) is 7.83. The number of benzene rings is 3. The molecule has 0 saturated carbocycles. The summed E-state index contributed by atoms with van der Waals surface area (Å²) in [6.45, 7) is 1.96. The topological polar surface area (TPSA) is 92.8 Å². The second-order valence-corrected chi connectivity index (χ2v) is 9.55. The molecule has 170 valence electrons. The third-order valence-corrected chi connectivity index (χ3v) is 6.99. The number of carbonyl (C=O) groups is 2. The Labute approximate surface area is 193 Å². The van der Waals surface area contributed by atoms with Gasteiger partial charge in [0.05, 0.1) is 23.7 Å². The molecule has 4 rings (SSSR count). The third kappa shape index (κ3) is 4.67. The van der Waals surface area contributed by atoms with Crippen molar-refractivity contribution in [2.75, 3.05) is 12.0 Å². The van der Waals surface area contributed by atoms with E-state index in [0.29, 0.717) is 0 Å². The van der Waals surface area contributed by atoms with Crippen LogP contribution in [0.15, 0.2) is 77.7 Å². The molecule has 1 unspecified atom stereocenters. The quantitative estimate of drug-likeness (QED) is 0.538. The number of ether oxygens (including phenoxy) is 1. The van der Waals surface area contributed by atoms with Crippen LogP contribution >= 0.6 is 0 Å². The number of nitrogens with one attached hydrogen (secondary N) is 1. The van der Waals surface area contributed by atoms with Crippen LogP contribution < -0.4 is 14.4 Å². The molecule has 0 bridgehead atoms. The molecular formula is C25H24N2O5S. The maximum atomic E-state index is 13.4. The summed E-state index contributed by atoms with van der Waals surface area (Å²) in [5, 5.41) is 0. The van der Waals surface area contributed by atoms with Gasteiger partial charge in [-0.2, -0.15) is 4.72 Å². The highest BCUT2D eigenvalue weighted by Gasteiger charge is 2.33. The van der Waals surface area contributed by atoms with Crippen LogP contribution in [0.5, 0.6) is 5.75 Å². The average molecular weight is 465 g/mol. The Morgan fingerprint density at radius 2 is 1.48 bits per heavy atom.